The van der Waals surface area contributed by atoms with Crippen LogP contribution in [0.4, 0.5) is 4.79 Å². The van der Waals surface area contributed by atoms with Crippen LogP contribution in [0.2, 0.25) is 0 Å². The molecule has 3 rings (SSSR count). The molecule has 1 amide bonds. The minimum atomic E-state index is -1.01. The quantitative estimate of drug-likeness (QED) is 0.849. The van der Waals surface area contributed by atoms with Gasteiger partial charge in [0.25, 0.3) is 0 Å². The molecule has 148 valence electrons. The van der Waals surface area contributed by atoms with E-state index in [1.165, 1.54) is 6.07 Å². The maximum atomic E-state index is 12.0. The van der Waals surface area contributed by atoms with Gasteiger partial charge in [-0.3, -0.25) is 0 Å². The maximum absolute atomic E-state index is 12.0. The van der Waals surface area contributed by atoms with Gasteiger partial charge in [-0.25, -0.2) is 9.59 Å². The Morgan fingerprint density at radius 3 is 2.39 bits per heavy atom. The van der Waals surface area contributed by atoms with Gasteiger partial charge in [0, 0.05) is 0 Å². The molecule has 1 aliphatic heterocycles. The van der Waals surface area contributed by atoms with Crippen LogP contribution in [0.5, 0.6) is 5.75 Å². The average molecular weight is 383 g/mol. The maximum Gasteiger partial charge on any atom is 0.410 e. The predicted molar refractivity (Wildman–Crippen MR) is 106 cm³/mol. The second-order valence-electron chi connectivity index (χ2n) is 8.05. The van der Waals surface area contributed by atoms with E-state index in [1.807, 2.05) is 58.0 Å². The number of carboxylic acid groups (broad SMARTS) is 1. The highest BCUT2D eigenvalue weighted by Gasteiger charge is 2.35. The van der Waals surface area contributed by atoms with Crippen LogP contribution < -0.4 is 4.74 Å². The summed E-state index contributed by atoms with van der Waals surface area (Å²) in [4.78, 5) is 25.1. The normalized spacial score (nSPS) is 14.4. The summed E-state index contributed by atoms with van der Waals surface area (Å²) in [6, 6.07) is 12.8. The molecule has 6 heteroatoms. The molecule has 2 aromatic carbocycles. The molecule has 1 fully saturated rings. The summed E-state index contributed by atoms with van der Waals surface area (Å²) < 4.78 is 11.3. The summed E-state index contributed by atoms with van der Waals surface area (Å²) in [6.45, 7) is 8.27. The number of carbonyl (C=O) groups is 2. The first-order valence-corrected chi connectivity index (χ1v) is 9.21. The van der Waals surface area contributed by atoms with Crippen molar-refractivity contribution >= 4 is 12.1 Å². The lowest BCUT2D eigenvalue weighted by Crippen LogP contribution is -2.57. The molecular weight excluding hydrogens is 358 g/mol. The van der Waals surface area contributed by atoms with Crippen LogP contribution >= 0.6 is 0 Å². The van der Waals surface area contributed by atoms with E-state index in [-0.39, 0.29) is 17.8 Å². The van der Waals surface area contributed by atoms with Crippen molar-refractivity contribution in [3.8, 4) is 16.9 Å². The number of rotatable bonds is 4. The highest BCUT2D eigenvalue weighted by molar-refractivity contribution is 5.90. The van der Waals surface area contributed by atoms with Crippen molar-refractivity contribution in [2.24, 2.45) is 0 Å². The third-order valence-electron chi connectivity index (χ3n) is 4.31. The molecule has 0 radical (unpaired) electrons. The monoisotopic (exact) mass is 383 g/mol. The number of nitrogens with zero attached hydrogens (tertiary/aromatic N) is 1. The van der Waals surface area contributed by atoms with E-state index in [0.29, 0.717) is 18.8 Å². The standard InChI is InChI=1S/C22H25NO5/c1-14-6-5-7-15(8-14)16-9-17(20(24)25)11-18(10-16)27-19-12-23(13-19)21(26)28-22(2,3)4/h5-11,19H,12-13H2,1-4H3,(H,24,25). The number of hydrogen-bond acceptors (Lipinski definition) is 4. The highest BCUT2D eigenvalue weighted by atomic mass is 16.6. The number of ether oxygens (including phenoxy) is 2. The van der Waals surface area contributed by atoms with E-state index in [4.69, 9.17) is 9.47 Å². The predicted octanol–water partition coefficient (Wildman–Crippen LogP) is 4.36. The molecule has 1 N–H and O–H groups in total. The van der Waals surface area contributed by atoms with Crippen LogP contribution in [0.1, 0.15) is 36.7 Å². The molecule has 0 aromatic heterocycles. The first kappa shape index (κ1) is 19.7. The first-order chi connectivity index (χ1) is 13.1. The second-order valence-corrected chi connectivity index (χ2v) is 8.05. The zero-order chi connectivity index (χ0) is 20.5. The number of aromatic carboxylic acids is 1. The molecule has 0 bridgehead atoms. The largest absolute Gasteiger partial charge is 0.487 e. The van der Waals surface area contributed by atoms with Crippen molar-refractivity contribution in [3.63, 3.8) is 0 Å². The van der Waals surface area contributed by atoms with E-state index in [9.17, 15) is 14.7 Å². The van der Waals surface area contributed by atoms with Crippen molar-refractivity contribution in [3.05, 3.63) is 53.6 Å². The summed E-state index contributed by atoms with van der Waals surface area (Å²) in [6.07, 6.45) is -0.561. The summed E-state index contributed by atoms with van der Waals surface area (Å²) in [5.74, 6) is -0.534. The van der Waals surface area contributed by atoms with E-state index in [1.54, 1.807) is 11.0 Å². The van der Waals surface area contributed by atoms with Crippen molar-refractivity contribution < 1.29 is 24.2 Å². The van der Waals surface area contributed by atoms with Crippen LogP contribution in [0, 0.1) is 6.92 Å². The fourth-order valence-corrected chi connectivity index (χ4v) is 2.96. The second kappa shape index (κ2) is 7.54. The Labute approximate surface area is 164 Å². The minimum Gasteiger partial charge on any atom is -0.487 e. The van der Waals surface area contributed by atoms with Crippen molar-refractivity contribution in [2.75, 3.05) is 13.1 Å². The third kappa shape index (κ3) is 4.82. The number of aryl methyl sites for hydroxylation is 1. The molecule has 1 aliphatic rings. The number of benzene rings is 2. The first-order valence-electron chi connectivity index (χ1n) is 9.21. The SMILES string of the molecule is Cc1cccc(-c2cc(OC3CN(C(=O)OC(C)(C)C)C3)cc(C(=O)O)c2)c1. The molecule has 0 spiro atoms. The fourth-order valence-electron chi connectivity index (χ4n) is 2.96. The van der Waals surface area contributed by atoms with Crippen molar-refractivity contribution in [1.82, 2.24) is 4.90 Å². The zero-order valence-electron chi connectivity index (χ0n) is 16.6. The highest BCUT2D eigenvalue weighted by Crippen LogP contribution is 2.29. The van der Waals surface area contributed by atoms with Crippen LogP contribution in [0.3, 0.4) is 0 Å². The summed E-state index contributed by atoms with van der Waals surface area (Å²) in [7, 11) is 0. The lowest BCUT2D eigenvalue weighted by atomic mass is 10.0. The lowest BCUT2D eigenvalue weighted by molar-refractivity contribution is -0.0221. The molecule has 0 aliphatic carbocycles. The fraction of sp³-hybridized carbons (Fsp3) is 0.364. The molecule has 28 heavy (non-hydrogen) atoms. The topological polar surface area (TPSA) is 76.1 Å². The Morgan fingerprint density at radius 2 is 1.79 bits per heavy atom. The van der Waals surface area contributed by atoms with E-state index in [2.05, 4.69) is 0 Å². The van der Waals surface area contributed by atoms with E-state index >= 15 is 0 Å². The van der Waals surface area contributed by atoms with Crippen LogP contribution in [-0.2, 0) is 4.74 Å². The zero-order valence-corrected chi connectivity index (χ0v) is 16.6. The van der Waals surface area contributed by atoms with Crippen molar-refractivity contribution in [1.29, 1.82) is 0 Å². The van der Waals surface area contributed by atoms with Gasteiger partial charge in [0.15, 0.2) is 0 Å². The smallest absolute Gasteiger partial charge is 0.410 e. The Hall–Kier alpha value is -3.02. The van der Waals surface area contributed by atoms with Gasteiger partial charge in [0.05, 0.1) is 18.7 Å². The molecule has 0 unspecified atom stereocenters. The van der Waals surface area contributed by atoms with Crippen LogP contribution in [-0.4, -0.2) is 46.9 Å². The minimum absolute atomic E-state index is 0.164. The third-order valence-corrected chi connectivity index (χ3v) is 4.31. The number of hydrogen-bond donors (Lipinski definition) is 1. The number of carboxylic acids is 1. The Morgan fingerprint density at radius 1 is 1.07 bits per heavy atom. The molecule has 0 saturated carbocycles. The van der Waals surface area contributed by atoms with E-state index < -0.39 is 11.6 Å². The molecular formula is C22H25NO5. The Balaban J connectivity index is 1.73. The molecule has 2 aromatic rings. The Kier molecular flexibility index (Phi) is 5.31. The van der Waals surface area contributed by atoms with Gasteiger partial charge in [-0.1, -0.05) is 29.8 Å². The summed E-state index contributed by atoms with van der Waals surface area (Å²) in [5.41, 5.74) is 2.42. The number of carbonyl (C=O) groups excluding carboxylic acids is 1. The summed E-state index contributed by atoms with van der Waals surface area (Å²) >= 11 is 0. The molecule has 1 heterocycles. The van der Waals surface area contributed by atoms with Gasteiger partial charge in [0.2, 0.25) is 0 Å². The molecule has 0 atom stereocenters. The van der Waals surface area contributed by atoms with E-state index in [0.717, 1.165) is 16.7 Å². The Bertz CT molecular complexity index is 894. The molecule has 6 nitrogen and oxygen atoms in total. The van der Waals surface area contributed by atoms with Crippen molar-refractivity contribution in [2.45, 2.75) is 39.4 Å². The van der Waals surface area contributed by atoms with Crippen LogP contribution in [0.25, 0.3) is 11.1 Å². The van der Waals surface area contributed by atoms with Gasteiger partial charge in [0.1, 0.15) is 17.5 Å². The lowest BCUT2D eigenvalue weighted by Gasteiger charge is -2.39. The van der Waals surface area contributed by atoms with Gasteiger partial charge in [-0.2, -0.15) is 0 Å². The average Bonchev–Trinajstić information content (AvgIpc) is 2.55. The number of amides is 1. The van der Waals surface area contributed by atoms with Gasteiger partial charge >= 0.3 is 12.1 Å². The molecule has 1 saturated heterocycles. The van der Waals surface area contributed by atoms with Crippen LogP contribution in [0.15, 0.2) is 42.5 Å². The van der Waals surface area contributed by atoms with Gasteiger partial charge in [-0.05, 0) is 57.0 Å². The number of likely N-dealkylation sites (tertiary alicyclic amines) is 1. The summed E-state index contributed by atoms with van der Waals surface area (Å²) in [5, 5.41) is 9.44. The van der Waals surface area contributed by atoms with Gasteiger partial charge in [-0.15, -0.1) is 0 Å². The van der Waals surface area contributed by atoms with Gasteiger partial charge < -0.3 is 19.5 Å².